The Bertz CT molecular complexity index is 727. The summed E-state index contributed by atoms with van der Waals surface area (Å²) in [5, 5.41) is 4.53. The van der Waals surface area contributed by atoms with E-state index in [1.165, 1.54) is 6.26 Å². The molecule has 2 aromatic rings. The third kappa shape index (κ3) is 4.54. The number of aryl methyl sites for hydroxylation is 1. The highest BCUT2D eigenvalue weighted by Crippen LogP contribution is 2.20. The topological polar surface area (TPSA) is 64.0 Å². The molecular formula is C15H23N3O2S. The monoisotopic (exact) mass is 309 g/mol. The van der Waals surface area contributed by atoms with E-state index in [2.05, 4.69) is 31.1 Å². The minimum Gasteiger partial charge on any atom is -0.331 e. The molecule has 0 aromatic carbocycles. The van der Waals surface area contributed by atoms with E-state index in [1.807, 2.05) is 22.9 Å². The number of hydrogen-bond acceptors (Lipinski definition) is 4. The summed E-state index contributed by atoms with van der Waals surface area (Å²) in [5.74, 6) is 0.124. The quantitative estimate of drug-likeness (QED) is 0.917. The van der Waals surface area contributed by atoms with Gasteiger partial charge < -0.3 is 9.88 Å². The summed E-state index contributed by atoms with van der Waals surface area (Å²) >= 11 is 0. The first kappa shape index (κ1) is 16.0. The zero-order valence-electron chi connectivity index (χ0n) is 13.0. The Labute approximate surface area is 126 Å². The van der Waals surface area contributed by atoms with Crippen LogP contribution in [0.5, 0.6) is 0 Å². The molecule has 116 valence electrons. The average Bonchev–Trinajstić information content (AvgIpc) is 2.71. The summed E-state index contributed by atoms with van der Waals surface area (Å²) in [5.41, 5.74) is 2.01. The highest BCUT2D eigenvalue weighted by Gasteiger charge is 2.14. The molecule has 0 aliphatic heterocycles. The molecule has 6 heteroatoms. The third-order valence-electron chi connectivity index (χ3n) is 3.23. The maximum absolute atomic E-state index is 11.4. The Hall–Kier alpha value is -1.40. The largest absolute Gasteiger partial charge is 0.331 e. The first-order valence-corrected chi connectivity index (χ1v) is 9.07. The molecule has 0 atom stereocenters. The van der Waals surface area contributed by atoms with Crippen molar-refractivity contribution in [3.63, 3.8) is 0 Å². The van der Waals surface area contributed by atoms with Crippen LogP contribution in [0, 0.1) is 0 Å². The number of nitrogens with zero attached hydrogens (tertiary/aromatic N) is 2. The number of fused-ring (bicyclic) bond motifs is 1. The number of pyridine rings is 1. The molecule has 0 saturated heterocycles. The van der Waals surface area contributed by atoms with Gasteiger partial charge in [-0.15, -0.1) is 0 Å². The zero-order chi connectivity index (χ0) is 15.7. The minimum atomic E-state index is -2.98. The van der Waals surface area contributed by atoms with Gasteiger partial charge in [0.2, 0.25) is 0 Å². The molecule has 0 bridgehead atoms. The lowest BCUT2D eigenvalue weighted by Gasteiger charge is -2.20. The van der Waals surface area contributed by atoms with Crippen LogP contribution in [0.1, 0.15) is 26.3 Å². The first-order chi connectivity index (χ1) is 9.66. The molecule has 21 heavy (non-hydrogen) atoms. The van der Waals surface area contributed by atoms with Gasteiger partial charge in [0.15, 0.2) is 0 Å². The molecule has 5 nitrogen and oxygen atoms in total. The molecule has 0 radical (unpaired) electrons. The molecule has 0 amide bonds. The molecule has 2 aromatic heterocycles. The normalized spacial score (nSPS) is 13.0. The molecule has 0 spiro atoms. The van der Waals surface area contributed by atoms with Crippen molar-refractivity contribution in [3.8, 4) is 0 Å². The van der Waals surface area contributed by atoms with Crippen molar-refractivity contribution in [2.24, 2.45) is 0 Å². The van der Waals surface area contributed by atoms with E-state index in [9.17, 15) is 8.42 Å². The summed E-state index contributed by atoms with van der Waals surface area (Å²) in [6, 6.07) is 3.93. The molecule has 2 heterocycles. The lowest BCUT2D eigenvalue weighted by molar-refractivity contribution is 0.425. The molecule has 1 N–H and O–H groups in total. The van der Waals surface area contributed by atoms with E-state index in [0.29, 0.717) is 6.54 Å². The van der Waals surface area contributed by atoms with Crippen molar-refractivity contribution >= 4 is 20.9 Å². The van der Waals surface area contributed by atoms with E-state index in [-0.39, 0.29) is 11.3 Å². The molecule has 0 aliphatic carbocycles. The maximum Gasteiger partial charge on any atom is 0.149 e. The van der Waals surface area contributed by atoms with Crippen molar-refractivity contribution in [2.75, 3.05) is 12.0 Å². The molecular weight excluding hydrogens is 286 g/mol. The van der Waals surface area contributed by atoms with Gasteiger partial charge in [0.05, 0.1) is 5.75 Å². The van der Waals surface area contributed by atoms with E-state index in [4.69, 9.17) is 0 Å². The number of rotatable bonds is 5. The van der Waals surface area contributed by atoms with Crippen molar-refractivity contribution in [1.82, 2.24) is 14.9 Å². The van der Waals surface area contributed by atoms with Crippen LogP contribution in [0.4, 0.5) is 0 Å². The van der Waals surface area contributed by atoms with E-state index < -0.39 is 9.84 Å². The Balaban J connectivity index is 2.30. The lowest BCUT2D eigenvalue weighted by Crippen LogP contribution is -2.35. The van der Waals surface area contributed by atoms with Gasteiger partial charge in [-0.3, -0.25) is 0 Å². The number of hydrogen-bond donors (Lipinski definition) is 1. The van der Waals surface area contributed by atoms with Crippen molar-refractivity contribution in [1.29, 1.82) is 0 Å². The number of aromatic nitrogens is 2. The van der Waals surface area contributed by atoms with Gasteiger partial charge in [-0.1, -0.05) is 0 Å². The van der Waals surface area contributed by atoms with E-state index >= 15 is 0 Å². The smallest absolute Gasteiger partial charge is 0.149 e. The van der Waals surface area contributed by atoms with Crippen molar-refractivity contribution < 1.29 is 8.42 Å². The van der Waals surface area contributed by atoms with Crippen LogP contribution in [0.15, 0.2) is 24.5 Å². The molecule has 2 rings (SSSR count). The van der Waals surface area contributed by atoms with Crippen LogP contribution in [0.2, 0.25) is 0 Å². The Kier molecular flexibility index (Phi) is 4.39. The average molecular weight is 309 g/mol. The molecule has 0 aliphatic rings. The summed E-state index contributed by atoms with van der Waals surface area (Å²) in [7, 11) is -2.98. The maximum atomic E-state index is 11.4. The van der Waals surface area contributed by atoms with Crippen molar-refractivity contribution in [3.05, 3.63) is 30.1 Å². The van der Waals surface area contributed by atoms with E-state index in [0.717, 1.165) is 23.1 Å². The van der Waals surface area contributed by atoms with Crippen LogP contribution in [0.3, 0.4) is 0 Å². The Morgan fingerprint density at radius 1 is 1.33 bits per heavy atom. The second kappa shape index (κ2) is 5.77. The fourth-order valence-electron chi connectivity index (χ4n) is 2.13. The Morgan fingerprint density at radius 2 is 2.05 bits per heavy atom. The van der Waals surface area contributed by atoms with Gasteiger partial charge >= 0.3 is 0 Å². The predicted octanol–water partition coefficient (Wildman–Crippen LogP) is 1.97. The summed E-state index contributed by atoms with van der Waals surface area (Å²) in [6.45, 7) is 7.52. The predicted molar refractivity (Wildman–Crippen MR) is 86.0 cm³/mol. The summed E-state index contributed by atoms with van der Waals surface area (Å²) < 4.78 is 24.6. The number of sulfone groups is 1. The second-order valence-electron chi connectivity index (χ2n) is 6.46. The second-order valence-corrected chi connectivity index (χ2v) is 8.72. The zero-order valence-corrected chi connectivity index (χ0v) is 13.9. The highest BCUT2D eigenvalue weighted by molar-refractivity contribution is 7.90. The molecule has 0 fully saturated rings. The van der Waals surface area contributed by atoms with Crippen LogP contribution in [0.25, 0.3) is 11.0 Å². The first-order valence-electron chi connectivity index (χ1n) is 7.01. The molecule has 0 unspecified atom stereocenters. The number of nitrogens with one attached hydrogen (secondary N) is 1. The molecule has 0 saturated carbocycles. The fourth-order valence-corrected chi connectivity index (χ4v) is 2.66. The Morgan fingerprint density at radius 3 is 2.67 bits per heavy atom. The summed E-state index contributed by atoms with van der Waals surface area (Å²) in [6.07, 6.45) is 5.00. The van der Waals surface area contributed by atoms with Gasteiger partial charge in [0, 0.05) is 42.7 Å². The van der Waals surface area contributed by atoms with Crippen LogP contribution < -0.4 is 5.32 Å². The van der Waals surface area contributed by atoms with Gasteiger partial charge in [0.25, 0.3) is 0 Å². The van der Waals surface area contributed by atoms with Crippen LogP contribution in [-0.4, -0.2) is 35.5 Å². The van der Waals surface area contributed by atoms with Gasteiger partial charge in [0.1, 0.15) is 15.5 Å². The van der Waals surface area contributed by atoms with Gasteiger partial charge in [-0.25, -0.2) is 13.4 Å². The SMILES string of the molecule is CC(C)(C)NCc1cn(CCS(C)(=O)=O)c2ncccc12. The van der Waals surface area contributed by atoms with E-state index in [1.54, 1.807) is 6.20 Å². The van der Waals surface area contributed by atoms with Crippen LogP contribution in [-0.2, 0) is 22.9 Å². The van der Waals surface area contributed by atoms with Crippen LogP contribution >= 0.6 is 0 Å². The van der Waals surface area contributed by atoms with Gasteiger partial charge in [-0.2, -0.15) is 0 Å². The third-order valence-corrected chi connectivity index (χ3v) is 4.15. The fraction of sp³-hybridized carbons (Fsp3) is 0.533. The lowest BCUT2D eigenvalue weighted by atomic mass is 10.1. The van der Waals surface area contributed by atoms with Crippen molar-refractivity contribution in [2.45, 2.75) is 39.4 Å². The highest BCUT2D eigenvalue weighted by atomic mass is 32.2. The van der Waals surface area contributed by atoms with Gasteiger partial charge in [-0.05, 0) is 38.5 Å². The minimum absolute atomic E-state index is 0.0311. The summed E-state index contributed by atoms with van der Waals surface area (Å²) in [4.78, 5) is 4.39. The standard InChI is InChI=1S/C15H23N3O2S/c1-15(2,3)17-10-12-11-18(8-9-21(4,19)20)14-13(12)6-5-7-16-14/h5-7,11,17H,8-10H2,1-4H3.